The average Bonchev–Trinajstić information content (AvgIpc) is 2.79. The van der Waals surface area contributed by atoms with Gasteiger partial charge in [0.25, 0.3) is 5.56 Å². The first-order valence-electron chi connectivity index (χ1n) is 6.52. The van der Waals surface area contributed by atoms with E-state index in [1.165, 1.54) is 15.9 Å². The molecule has 0 unspecified atom stereocenters. The minimum atomic E-state index is -0.805. The Balaban J connectivity index is 1.91. The maximum atomic E-state index is 12.4. The van der Waals surface area contributed by atoms with Crippen molar-refractivity contribution in [3.8, 4) is 0 Å². The Labute approximate surface area is 129 Å². The zero-order chi connectivity index (χ0) is 14.3. The summed E-state index contributed by atoms with van der Waals surface area (Å²) in [5.41, 5.74) is -0.176. The lowest BCUT2D eigenvalue weighted by molar-refractivity contribution is -0.0298. The van der Waals surface area contributed by atoms with Gasteiger partial charge < -0.3 is 10.0 Å². The fraction of sp³-hybridized carbons (Fsp3) is 0.538. The molecule has 1 saturated heterocycles. The lowest BCUT2D eigenvalue weighted by atomic mass is 9.91. The van der Waals surface area contributed by atoms with Gasteiger partial charge in [-0.2, -0.15) is 0 Å². The maximum absolute atomic E-state index is 12.4. The Morgan fingerprint density at radius 1 is 1.50 bits per heavy atom. The van der Waals surface area contributed by atoms with Crippen LogP contribution in [0.25, 0.3) is 10.2 Å². The molecule has 0 saturated carbocycles. The average molecular weight is 358 g/mol. The number of halogens is 1. The van der Waals surface area contributed by atoms with E-state index in [9.17, 15) is 9.90 Å². The first-order valence-corrected chi connectivity index (χ1v) is 8.19. The third-order valence-corrected chi connectivity index (χ3v) is 5.75. The molecule has 0 aromatic carbocycles. The molecule has 3 heterocycles. The third-order valence-electron chi connectivity index (χ3n) is 3.89. The SMILES string of the molecule is CN1CCC(O)(Cn2cnc3c(Br)csc3c2=O)CC1. The summed E-state index contributed by atoms with van der Waals surface area (Å²) in [7, 11) is 2.04. The van der Waals surface area contributed by atoms with Crippen LogP contribution in [-0.2, 0) is 6.54 Å². The van der Waals surface area contributed by atoms with Crippen LogP contribution in [0, 0.1) is 0 Å². The van der Waals surface area contributed by atoms with Crippen molar-refractivity contribution >= 4 is 37.5 Å². The van der Waals surface area contributed by atoms with Gasteiger partial charge in [0.1, 0.15) is 10.2 Å². The van der Waals surface area contributed by atoms with E-state index in [-0.39, 0.29) is 5.56 Å². The van der Waals surface area contributed by atoms with Crippen LogP contribution in [0.3, 0.4) is 0 Å². The van der Waals surface area contributed by atoms with E-state index in [0.29, 0.717) is 29.6 Å². The minimum Gasteiger partial charge on any atom is -0.388 e. The normalized spacial score (nSPS) is 19.6. The summed E-state index contributed by atoms with van der Waals surface area (Å²) in [4.78, 5) is 18.9. The molecule has 0 radical (unpaired) electrons. The highest BCUT2D eigenvalue weighted by atomic mass is 79.9. The monoisotopic (exact) mass is 357 g/mol. The van der Waals surface area contributed by atoms with Gasteiger partial charge in [-0.15, -0.1) is 11.3 Å². The number of nitrogens with zero attached hydrogens (tertiary/aromatic N) is 3. The predicted molar refractivity (Wildman–Crippen MR) is 83.3 cm³/mol. The van der Waals surface area contributed by atoms with E-state index in [0.717, 1.165) is 17.6 Å². The van der Waals surface area contributed by atoms with Crippen LogP contribution in [0.5, 0.6) is 0 Å². The fourth-order valence-corrected chi connectivity index (χ4v) is 4.07. The van der Waals surface area contributed by atoms with Crippen LogP contribution < -0.4 is 5.56 Å². The molecule has 108 valence electrons. The van der Waals surface area contributed by atoms with Crippen molar-refractivity contribution in [2.75, 3.05) is 20.1 Å². The summed E-state index contributed by atoms with van der Waals surface area (Å²) in [6, 6.07) is 0. The van der Waals surface area contributed by atoms with E-state index >= 15 is 0 Å². The molecule has 3 rings (SSSR count). The van der Waals surface area contributed by atoms with Crippen LogP contribution in [0.2, 0.25) is 0 Å². The van der Waals surface area contributed by atoms with Gasteiger partial charge in [-0.1, -0.05) is 0 Å². The maximum Gasteiger partial charge on any atom is 0.271 e. The molecule has 0 spiro atoms. The van der Waals surface area contributed by atoms with Crippen LogP contribution in [0.4, 0.5) is 0 Å². The number of likely N-dealkylation sites (tertiary alicyclic amines) is 1. The van der Waals surface area contributed by atoms with Crippen LogP contribution >= 0.6 is 27.3 Å². The molecule has 0 amide bonds. The smallest absolute Gasteiger partial charge is 0.271 e. The number of rotatable bonds is 2. The van der Waals surface area contributed by atoms with Gasteiger partial charge in [0.15, 0.2) is 0 Å². The summed E-state index contributed by atoms with van der Waals surface area (Å²) in [5.74, 6) is 0. The summed E-state index contributed by atoms with van der Waals surface area (Å²) < 4.78 is 3.02. The zero-order valence-corrected chi connectivity index (χ0v) is 13.6. The molecule has 0 aliphatic carbocycles. The quantitative estimate of drug-likeness (QED) is 0.888. The number of fused-ring (bicyclic) bond motifs is 1. The molecular weight excluding hydrogens is 342 g/mol. The molecule has 7 heteroatoms. The molecule has 2 aromatic rings. The van der Waals surface area contributed by atoms with E-state index in [1.807, 2.05) is 12.4 Å². The van der Waals surface area contributed by atoms with Gasteiger partial charge in [-0.25, -0.2) is 4.98 Å². The van der Waals surface area contributed by atoms with Gasteiger partial charge in [0.2, 0.25) is 0 Å². The van der Waals surface area contributed by atoms with Crippen molar-refractivity contribution in [1.29, 1.82) is 0 Å². The largest absolute Gasteiger partial charge is 0.388 e. The third kappa shape index (κ3) is 2.55. The number of aliphatic hydroxyl groups is 1. The second kappa shape index (κ2) is 5.22. The summed E-state index contributed by atoms with van der Waals surface area (Å²) in [5, 5.41) is 12.5. The van der Waals surface area contributed by atoms with Gasteiger partial charge in [0, 0.05) is 18.5 Å². The van der Waals surface area contributed by atoms with Crippen molar-refractivity contribution in [3.63, 3.8) is 0 Å². The number of hydrogen-bond acceptors (Lipinski definition) is 5. The first-order chi connectivity index (χ1) is 9.48. The highest BCUT2D eigenvalue weighted by Crippen LogP contribution is 2.27. The van der Waals surface area contributed by atoms with Crippen LogP contribution in [0.15, 0.2) is 21.0 Å². The number of piperidine rings is 1. The number of hydrogen-bond donors (Lipinski definition) is 1. The Kier molecular flexibility index (Phi) is 3.70. The van der Waals surface area contributed by atoms with Crippen molar-refractivity contribution in [1.82, 2.24) is 14.5 Å². The zero-order valence-electron chi connectivity index (χ0n) is 11.2. The molecular formula is C13H16BrN3O2S. The van der Waals surface area contributed by atoms with E-state index in [1.54, 1.807) is 6.33 Å². The molecule has 1 aliphatic heterocycles. The van der Waals surface area contributed by atoms with Crippen LogP contribution in [-0.4, -0.2) is 45.3 Å². The molecule has 5 nitrogen and oxygen atoms in total. The van der Waals surface area contributed by atoms with E-state index < -0.39 is 5.60 Å². The number of aromatic nitrogens is 2. The Bertz CT molecular complexity index is 688. The second-order valence-electron chi connectivity index (χ2n) is 5.47. The number of thiophene rings is 1. The minimum absolute atomic E-state index is 0.0712. The Morgan fingerprint density at radius 3 is 2.90 bits per heavy atom. The van der Waals surface area contributed by atoms with Crippen molar-refractivity contribution in [2.45, 2.75) is 25.0 Å². The predicted octanol–water partition coefficient (Wildman–Crippen LogP) is 1.68. The van der Waals surface area contributed by atoms with Gasteiger partial charge in [-0.05, 0) is 35.8 Å². The van der Waals surface area contributed by atoms with Crippen molar-refractivity contribution in [3.05, 3.63) is 26.5 Å². The van der Waals surface area contributed by atoms with Gasteiger partial charge in [0.05, 0.1) is 22.9 Å². The summed E-state index contributed by atoms with van der Waals surface area (Å²) in [6.45, 7) is 2.02. The lowest BCUT2D eigenvalue weighted by Gasteiger charge is -2.36. The van der Waals surface area contributed by atoms with Gasteiger partial charge in [-0.3, -0.25) is 9.36 Å². The summed E-state index contributed by atoms with van der Waals surface area (Å²) in [6.07, 6.45) is 2.91. The Morgan fingerprint density at radius 2 is 2.20 bits per heavy atom. The van der Waals surface area contributed by atoms with Gasteiger partial charge >= 0.3 is 0 Å². The molecule has 1 aliphatic rings. The van der Waals surface area contributed by atoms with E-state index in [4.69, 9.17) is 0 Å². The van der Waals surface area contributed by atoms with Crippen LogP contribution in [0.1, 0.15) is 12.8 Å². The topological polar surface area (TPSA) is 58.4 Å². The Hall–Kier alpha value is -0.760. The second-order valence-corrected chi connectivity index (χ2v) is 7.20. The highest BCUT2D eigenvalue weighted by Gasteiger charge is 2.32. The summed E-state index contributed by atoms with van der Waals surface area (Å²) >= 11 is 4.77. The van der Waals surface area contributed by atoms with Crippen molar-refractivity contribution < 1.29 is 5.11 Å². The molecule has 1 N–H and O–H groups in total. The molecule has 1 fully saturated rings. The first kappa shape index (κ1) is 14.2. The highest BCUT2D eigenvalue weighted by molar-refractivity contribution is 9.10. The van der Waals surface area contributed by atoms with Crippen molar-refractivity contribution in [2.24, 2.45) is 0 Å². The molecule has 0 atom stereocenters. The molecule has 20 heavy (non-hydrogen) atoms. The lowest BCUT2D eigenvalue weighted by Crippen LogP contribution is -2.46. The standard InChI is InChI=1S/C13H16BrN3O2S/c1-16-4-2-13(19,3-5-16)7-17-8-15-10-9(14)6-20-11(10)12(17)18/h6,8,19H,2-5,7H2,1H3. The molecule has 2 aromatic heterocycles. The van der Waals surface area contributed by atoms with E-state index in [2.05, 4.69) is 25.8 Å². The fourth-order valence-electron chi connectivity index (χ4n) is 2.54. The molecule has 0 bridgehead atoms.